The fourth-order valence-corrected chi connectivity index (χ4v) is 2.03. The molecule has 0 saturated heterocycles. The average molecular weight is 345 g/mol. The standard InChI is InChI=1S/C15H20N4O.2ClH/c1-12(18-15(20)6-3-7-16)13-4-2-5-14(10-13)19-9-8-17-11-19;;/h2,4-5,8-12H,3,6-7,16H2,1H3,(H,18,20);2*1H. The molecule has 7 heteroatoms. The summed E-state index contributed by atoms with van der Waals surface area (Å²) in [4.78, 5) is 15.8. The molecular weight excluding hydrogens is 323 g/mol. The summed E-state index contributed by atoms with van der Waals surface area (Å²) >= 11 is 0. The van der Waals surface area contributed by atoms with Crippen LogP contribution in [0.5, 0.6) is 0 Å². The van der Waals surface area contributed by atoms with Crippen LogP contribution in [-0.2, 0) is 4.79 Å². The van der Waals surface area contributed by atoms with Crippen LogP contribution in [-0.4, -0.2) is 22.0 Å². The maximum Gasteiger partial charge on any atom is 0.220 e. The number of nitrogens with zero attached hydrogens (tertiary/aromatic N) is 2. The third-order valence-electron chi connectivity index (χ3n) is 3.16. The lowest BCUT2D eigenvalue weighted by Crippen LogP contribution is -2.26. The number of aromatic nitrogens is 2. The summed E-state index contributed by atoms with van der Waals surface area (Å²) in [5.41, 5.74) is 7.50. The Morgan fingerprint density at radius 2 is 2.18 bits per heavy atom. The van der Waals surface area contributed by atoms with Gasteiger partial charge in [-0.25, -0.2) is 4.98 Å². The normalized spacial score (nSPS) is 11.0. The van der Waals surface area contributed by atoms with Crippen molar-refractivity contribution in [3.8, 4) is 5.69 Å². The first-order valence-electron chi connectivity index (χ1n) is 6.78. The maximum absolute atomic E-state index is 11.7. The van der Waals surface area contributed by atoms with Crippen LogP contribution >= 0.6 is 24.8 Å². The van der Waals surface area contributed by atoms with Gasteiger partial charge in [-0.1, -0.05) is 12.1 Å². The molecule has 0 aliphatic rings. The Hall–Kier alpha value is -1.56. The minimum atomic E-state index is -0.0243. The number of benzene rings is 1. The second-order valence-corrected chi connectivity index (χ2v) is 4.75. The fourth-order valence-electron chi connectivity index (χ4n) is 2.03. The first-order chi connectivity index (χ1) is 9.70. The van der Waals surface area contributed by atoms with Crippen LogP contribution in [0, 0.1) is 0 Å². The van der Waals surface area contributed by atoms with Crippen molar-refractivity contribution in [3.63, 3.8) is 0 Å². The van der Waals surface area contributed by atoms with Crippen molar-refractivity contribution in [3.05, 3.63) is 48.5 Å². The summed E-state index contributed by atoms with van der Waals surface area (Å²) < 4.78 is 1.94. The van der Waals surface area contributed by atoms with E-state index >= 15 is 0 Å². The maximum atomic E-state index is 11.7. The second kappa shape index (κ2) is 10.2. The van der Waals surface area contributed by atoms with Gasteiger partial charge in [-0.05, 0) is 37.6 Å². The van der Waals surface area contributed by atoms with Crippen LogP contribution in [0.25, 0.3) is 5.69 Å². The Kier molecular flexibility index (Phi) is 9.49. The minimum Gasteiger partial charge on any atom is -0.350 e. The minimum absolute atomic E-state index is 0. The lowest BCUT2D eigenvalue weighted by molar-refractivity contribution is -0.121. The quantitative estimate of drug-likeness (QED) is 0.845. The second-order valence-electron chi connectivity index (χ2n) is 4.75. The molecule has 22 heavy (non-hydrogen) atoms. The van der Waals surface area contributed by atoms with Crippen molar-refractivity contribution >= 4 is 30.7 Å². The van der Waals surface area contributed by atoms with Gasteiger partial charge in [0.2, 0.25) is 5.91 Å². The van der Waals surface area contributed by atoms with Crippen LogP contribution in [0.15, 0.2) is 43.0 Å². The molecule has 0 fully saturated rings. The lowest BCUT2D eigenvalue weighted by atomic mass is 10.1. The molecule has 0 saturated carbocycles. The highest BCUT2D eigenvalue weighted by atomic mass is 35.5. The van der Waals surface area contributed by atoms with Gasteiger partial charge in [0, 0.05) is 24.5 Å². The summed E-state index contributed by atoms with van der Waals surface area (Å²) in [5.74, 6) is 0.0379. The molecule has 3 N–H and O–H groups in total. The third kappa shape index (κ3) is 5.67. The summed E-state index contributed by atoms with van der Waals surface area (Å²) in [5, 5.41) is 2.98. The van der Waals surface area contributed by atoms with E-state index in [4.69, 9.17) is 5.73 Å². The van der Waals surface area contributed by atoms with Crippen LogP contribution < -0.4 is 11.1 Å². The molecule has 1 unspecified atom stereocenters. The zero-order chi connectivity index (χ0) is 14.4. The molecular formula is C15H22Cl2N4O. The number of imidazole rings is 1. The Morgan fingerprint density at radius 3 is 2.82 bits per heavy atom. The summed E-state index contributed by atoms with van der Waals surface area (Å²) in [6.45, 7) is 2.52. The lowest BCUT2D eigenvalue weighted by Gasteiger charge is -2.15. The molecule has 0 radical (unpaired) electrons. The first-order valence-corrected chi connectivity index (χ1v) is 6.78. The van der Waals surface area contributed by atoms with E-state index in [1.165, 1.54) is 0 Å². The van der Waals surface area contributed by atoms with Gasteiger partial charge in [-0.3, -0.25) is 4.79 Å². The van der Waals surface area contributed by atoms with Gasteiger partial charge in [-0.15, -0.1) is 24.8 Å². The van der Waals surface area contributed by atoms with Crippen molar-refractivity contribution in [1.29, 1.82) is 0 Å². The van der Waals surface area contributed by atoms with E-state index < -0.39 is 0 Å². The number of hydrogen-bond donors (Lipinski definition) is 2. The van der Waals surface area contributed by atoms with Crippen LogP contribution in [0.1, 0.15) is 31.4 Å². The number of halogens is 2. The molecule has 0 bridgehead atoms. The van der Waals surface area contributed by atoms with Crippen molar-refractivity contribution in [2.24, 2.45) is 5.73 Å². The van der Waals surface area contributed by atoms with E-state index in [-0.39, 0.29) is 36.8 Å². The molecule has 1 aromatic carbocycles. The van der Waals surface area contributed by atoms with Crippen LogP contribution in [0.2, 0.25) is 0 Å². The van der Waals surface area contributed by atoms with E-state index in [1.54, 1.807) is 12.5 Å². The Balaban J connectivity index is 0.00000220. The van der Waals surface area contributed by atoms with Gasteiger partial charge in [-0.2, -0.15) is 0 Å². The van der Waals surface area contributed by atoms with Gasteiger partial charge in [0.15, 0.2) is 0 Å². The Morgan fingerprint density at radius 1 is 1.41 bits per heavy atom. The molecule has 2 aromatic rings. The van der Waals surface area contributed by atoms with Crippen LogP contribution in [0.3, 0.4) is 0 Å². The number of carbonyl (C=O) groups excluding carboxylic acids is 1. The smallest absolute Gasteiger partial charge is 0.220 e. The molecule has 5 nitrogen and oxygen atoms in total. The molecule has 1 amide bonds. The number of rotatable bonds is 6. The number of hydrogen-bond acceptors (Lipinski definition) is 3. The summed E-state index contributed by atoms with van der Waals surface area (Å²) in [7, 11) is 0. The van der Waals surface area contributed by atoms with Crippen molar-refractivity contribution in [2.75, 3.05) is 6.54 Å². The predicted molar refractivity (Wildman–Crippen MR) is 92.9 cm³/mol. The molecule has 0 aliphatic carbocycles. The average Bonchev–Trinajstić information content (AvgIpc) is 2.99. The molecule has 0 spiro atoms. The van der Waals surface area contributed by atoms with Crippen molar-refractivity contribution in [1.82, 2.24) is 14.9 Å². The van der Waals surface area contributed by atoms with Crippen molar-refractivity contribution < 1.29 is 4.79 Å². The highest BCUT2D eigenvalue weighted by Crippen LogP contribution is 2.17. The predicted octanol–water partition coefficient (Wildman–Crippen LogP) is 2.63. The number of nitrogens with two attached hydrogens (primary N) is 1. The summed E-state index contributed by atoms with van der Waals surface area (Å²) in [6, 6.07) is 8.02. The number of amides is 1. The zero-order valence-electron chi connectivity index (χ0n) is 12.4. The van der Waals surface area contributed by atoms with Gasteiger partial charge in [0.25, 0.3) is 0 Å². The molecule has 1 atom stereocenters. The third-order valence-corrected chi connectivity index (χ3v) is 3.16. The highest BCUT2D eigenvalue weighted by Gasteiger charge is 2.09. The van der Waals surface area contributed by atoms with Gasteiger partial charge < -0.3 is 15.6 Å². The van der Waals surface area contributed by atoms with E-state index in [1.807, 2.05) is 35.9 Å². The highest BCUT2D eigenvalue weighted by molar-refractivity contribution is 5.85. The molecule has 1 aromatic heterocycles. The molecule has 2 rings (SSSR count). The number of nitrogens with one attached hydrogen (secondary N) is 1. The van der Waals surface area contributed by atoms with E-state index in [0.29, 0.717) is 19.4 Å². The van der Waals surface area contributed by atoms with Gasteiger partial charge >= 0.3 is 0 Å². The topological polar surface area (TPSA) is 72.9 Å². The van der Waals surface area contributed by atoms with E-state index in [9.17, 15) is 4.79 Å². The van der Waals surface area contributed by atoms with Gasteiger partial charge in [0.1, 0.15) is 0 Å². The van der Waals surface area contributed by atoms with E-state index in [0.717, 1.165) is 11.3 Å². The Labute approximate surface area is 143 Å². The SMILES string of the molecule is CC(NC(=O)CCCN)c1cccc(-n2ccnc2)c1.Cl.Cl. The monoisotopic (exact) mass is 344 g/mol. The van der Waals surface area contributed by atoms with E-state index in [2.05, 4.69) is 16.4 Å². The fraction of sp³-hybridized carbons (Fsp3) is 0.333. The largest absolute Gasteiger partial charge is 0.350 e. The molecule has 0 aliphatic heterocycles. The molecule has 1 heterocycles. The Bertz CT molecular complexity index is 560. The van der Waals surface area contributed by atoms with Gasteiger partial charge in [0.05, 0.1) is 12.4 Å². The number of carbonyl (C=O) groups is 1. The molecule has 122 valence electrons. The summed E-state index contributed by atoms with van der Waals surface area (Å²) in [6.07, 6.45) is 6.58. The first kappa shape index (κ1) is 20.4. The zero-order valence-corrected chi connectivity index (χ0v) is 14.1. The van der Waals surface area contributed by atoms with Crippen molar-refractivity contribution in [2.45, 2.75) is 25.8 Å². The van der Waals surface area contributed by atoms with Crippen LogP contribution in [0.4, 0.5) is 0 Å².